The Hall–Kier alpha value is -2.83. The van der Waals surface area contributed by atoms with Crippen molar-refractivity contribution < 1.29 is 14.3 Å². The first-order chi connectivity index (χ1) is 12.6. The smallest absolute Gasteiger partial charge is 0.274 e. The number of methoxy groups -OCH3 is 2. The van der Waals surface area contributed by atoms with E-state index in [1.807, 2.05) is 6.92 Å². The van der Waals surface area contributed by atoms with E-state index in [0.29, 0.717) is 28.8 Å². The molecule has 7 nitrogen and oxygen atoms in total. The van der Waals surface area contributed by atoms with Gasteiger partial charge in [0.25, 0.3) is 5.91 Å². The van der Waals surface area contributed by atoms with Crippen molar-refractivity contribution in [2.45, 2.75) is 26.2 Å². The summed E-state index contributed by atoms with van der Waals surface area (Å²) < 4.78 is 10.5. The van der Waals surface area contributed by atoms with E-state index in [0.717, 1.165) is 31.6 Å². The van der Waals surface area contributed by atoms with E-state index in [1.54, 1.807) is 38.5 Å². The van der Waals surface area contributed by atoms with Gasteiger partial charge in [-0.25, -0.2) is 9.97 Å². The van der Waals surface area contributed by atoms with Crippen LogP contribution >= 0.6 is 0 Å². The number of aryl methyl sites for hydroxylation is 1. The van der Waals surface area contributed by atoms with Crippen molar-refractivity contribution in [3.05, 3.63) is 35.7 Å². The van der Waals surface area contributed by atoms with Crippen LogP contribution in [-0.4, -0.2) is 43.2 Å². The van der Waals surface area contributed by atoms with E-state index < -0.39 is 0 Å². The highest BCUT2D eigenvalue weighted by atomic mass is 16.5. The lowest BCUT2D eigenvalue weighted by molar-refractivity contribution is 0.102. The Balaban J connectivity index is 1.82. The molecular weight excluding hydrogens is 332 g/mol. The molecule has 7 heteroatoms. The highest BCUT2D eigenvalue weighted by Gasteiger charge is 2.18. The third-order valence-electron chi connectivity index (χ3n) is 4.37. The minimum atomic E-state index is -0.294. The monoisotopic (exact) mass is 356 g/mol. The summed E-state index contributed by atoms with van der Waals surface area (Å²) in [4.78, 5) is 23.8. The van der Waals surface area contributed by atoms with Crippen LogP contribution in [0.3, 0.4) is 0 Å². The molecule has 1 aliphatic rings. The largest absolute Gasteiger partial charge is 0.497 e. The fourth-order valence-electron chi connectivity index (χ4n) is 2.99. The number of carbonyl (C=O) groups excluding carboxylic acids is 1. The second-order valence-corrected chi connectivity index (χ2v) is 6.26. The lowest BCUT2D eigenvalue weighted by Crippen LogP contribution is -2.31. The minimum absolute atomic E-state index is 0.294. The number of hydrogen-bond acceptors (Lipinski definition) is 6. The molecule has 0 bridgehead atoms. The summed E-state index contributed by atoms with van der Waals surface area (Å²) in [5.41, 5.74) is 1.68. The van der Waals surface area contributed by atoms with Gasteiger partial charge in [0.05, 0.1) is 19.9 Å². The molecule has 0 unspecified atom stereocenters. The Morgan fingerprint density at radius 3 is 2.54 bits per heavy atom. The first-order valence-electron chi connectivity index (χ1n) is 8.74. The van der Waals surface area contributed by atoms with Crippen molar-refractivity contribution in [1.82, 2.24) is 9.97 Å². The normalized spacial score (nSPS) is 14.0. The van der Waals surface area contributed by atoms with Gasteiger partial charge < -0.3 is 19.7 Å². The Labute approximate surface area is 153 Å². The van der Waals surface area contributed by atoms with Gasteiger partial charge >= 0.3 is 0 Å². The summed E-state index contributed by atoms with van der Waals surface area (Å²) in [7, 11) is 3.13. The fraction of sp³-hybridized carbons (Fsp3) is 0.421. The molecule has 0 aliphatic carbocycles. The molecule has 138 valence electrons. The summed E-state index contributed by atoms with van der Waals surface area (Å²) in [6.45, 7) is 3.73. The van der Waals surface area contributed by atoms with Crippen LogP contribution in [0.15, 0.2) is 24.3 Å². The van der Waals surface area contributed by atoms with Crippen molar-refractivity contribution in [3.8, 4) is 11.5 Å². The maximum absolute atomic E-state index is 12.7. The summed E-state index contributed by atoms with van der Waals surface area (Å²) in [6, 6.07) is 6.93. The molecule has 1 aliphatic heterocycles. The van der Waals surface area contributed by atoms with E-state index >= 15 is 0 Å². The van der Waals surface area contributed by atoms with Gasteiger partial charge in [-0.3, -0.25) is 4.79 Å². The number of carbonyl (C=O) groups is 1. The third-order valence-corrected chi connectivity index (χ3v) is 4.37. The summed E-state index contributed by atoms with van der Waals surface area (Å²) in [5, 5.41) is 2.86. The maximum atomic E-state index is 12.7. The molecule has 1 amide bonds. The van der Waals surface area contributed by atoms with Crippen molar-refractivity contribution in [1.29, 1.82) is 0 Å². The second kappa shape index (κ2) is 8.03. The number of piperidine rings is 1. The standard InChI is InChI=1S/C19H24N4O3/c1-13-11-16(22-19(20-13)23-9-5-4-6-10-23)18(24)21-15-8-7-14(25-2)12-17(15)26-3/h7-8,11-12H,4-6,9-10H2,1-3H3,(H,21,24). The average Bonchev–Trinajstić information content (AvgIpc) is 2.68. The van der Waals surface area contributed by atoms with E-state index in [-0.39, 0.29) is 5.91 Å². The van der Waals surface area contributed by atoms with Crippen LogP contribution in [0.4, 0.5) is 11.6 Å². The first-order valence-corrected chi connectivity index (χ1v) is 8.74. The van der Waals surface area contributed by atoms with Crippen molar-refractivity contribution in [2.24, 2.45) is 0 Å². The van der Waals surface area contributed by atoms with Crippen LogP contribution in [0.25, 0.3) is 0 Å². The van der Waals surface area contributed by atoms with Crippen molar-refractivity contribution >= 4 is 17.5 Å². The molecule has 2 heterocycles. The molecule has 1 N–H and O–H groups in total. The molecule has 1 saturated heterocycles. The van der Waals surface area contributed by atoms with Gasteiger partial charge in [-0.15, -0.1) is 0 Å². The van der Waals surface area contributed by atoms with E-state index in [9.17, 15) is 4.79 Å². The zero-order valence-corrected chi connectivity index (χ0v) is 15.4. The SMILES string of the molecule is COc1ccc(NC(=O)c2cc(C)nc(N3CCCCC3)n2)c(OC)c1. The van der Waals surface area contributed by atoms with Crippen LogP contribution in [0.1, 0.15) is 35.4 Å². The van der Waals surface area contributed by atoms with Gasteiger partial charge in [0.1, 0.15) is 17.2 Å². The zero-order chi connectivity index (χ0) is 18.5. The van der Waals surface area contributed by atoms with E-state index in [1.165, 1.54) is 6.42 Å². The molecule has 3 rings (SSSR count). The highest BCUT2D eigenvalue weighted by Crippen LogP contribution is 2.29. The minimum Gasteiger partial charge on any atom is -0.497 e. The van der Waals surface area contributed by atoms with Gasteiger partial charge in [0, 0.05) is 24.8 Å². The third kappa shape index (κ3) is 4.04. The number of benzene rings is 1. The summed E-state index contributed by atoms with van der Waals surface area (Å²) in [6.07, 6.45) is 3.48. The Morgan fingerprint density at radius 1 is 1.08 bits per heavy atom. The first kappa shape index (κ1) is 18.0. The van der Waals surface area contributed by atoms with Crippen LogP contribution in [0, 0.1) is 6.92 Å². The van der Waals surface area contributed by atoms with Crippen LogP contribution < -0.4 is 19.7 Å². The molecule has 26 heavy (non-hydrogen) atoms. The lowest BCUT2D eigenvalue weighted by atomic mass is 10.1. The quantitative estimate of drug-likeness (QED) is 0.887. The Bertz CT molecular complexity index is 788. The molecule has 2 aromatic rings. The number of aromatic nitrogens is 2. The molecule has 1 fully saturated rings. The zero-order valence-electron chi connectivity index (χ0n) is 15.4. The maximum Gasteiger partial charge on any atom is 0.274 e. The lowest BCUT2D eigenvalue weighted by Gasteiger charge is -2.27. The molecule has 0 radical (unpaired) electrons. The highest BCUT2D eigenvalue weighted by molar-refractivity contribution is 6.04. The van der Waals surface area contributed by atoms with Gasteiger partial charge in [0.15, 0.2) is 0 Å². The Morgan fingerprint density at radius 2 is 1.85 bits per heavy atom. The van der Waals surface area contributed by atoms with Crippen LogP contribution in [-0.2, 0) is 0 Å². The predicted molar refractivity (Wildman–Crippen MR) is 100 cm³/mol. The predicted octanol–water partition coefficient (Wildman–Crippen LogP) is 3.04. The average molecular weight is 356 g/mol. The molecule has 0 atom stereocenters. The molecular formula is C19H24N4O3. The van der Waals surface area contributed by atoms with Gasteiger partial charge in [-0.2, -0.15) is 0 Å². The number of nitrogens with zero attached hydrogens (tertiary/aromatic N) is 3. The van der Waals surface area contributed by atoms with Crippen LogP contribution in [0.5, 0.6) is 11.5 Å². The van der Waals surface area contributed by atoms with Crippen LogP contribution in [0.2, 0.25) is 0 Å². The molecule has 1 aromatic heterocycles. The van der Waals surface area contributed by atoms with E-state index in [2.05, 4.69) is 20.2 Å². The Kier molecular flexibility index (Phi) is 5.55. The number of rotatable bonds is 5. The number of ether oxygens (including phenoxy) is 2. The number of anilines is 2. The van der Waals surface area contributed by atoms with Crippen molar-refractivity contribution in [3.63, 3.8) is 0 Å². The molecule has 0 spiro atoms. The van der Waals surface area contributed by atoms with Gasteiger partial charge in [0.2, 0.25) is 5.95 Å². The van der Waals surface area contributed by atoms with Gasteiger partial charge in [-0.05, 0) is 44.4 Å². The van der Waals surface area contributed by atoms with E-state index in [4.69, 9.17) is 9.47 Å². The second-order valence-electron chi connectivity index (χ2n) is 6.26. The number of nitrogens with one attached hydrogen (secondary N) is 1. The summed E-state index contributed by atoms with van der Waals surface area (Å²) >= 11 is 0. The fourth-order valence-corrected chi connectivity index (χ4v) is 2.99. The topological polar surface area (TPSA) is 76.6 Å². The summed E-state index contributed by atoms with van der Waals surface area (Å²) in [5.74, 6) is 1.51. The number of hydrogen-bond donors (Lipinski definition) is 1. The van der Waals surface area contributed by atoms with Crippen molar-refractivity contribution in [2.75, 3.05) is 37.5 Å². The number of amides is 1. The van der Waals surface area contributed by atoms with Gasteiger partial charge in [-0.1, -0.05) is 0 Å². The molecule has 0 saturated carbocycles. The molecule has 1 aromatic carbocycles.